The summed E-state index contributed by atoms with van der Waals surface area (Å²) in [4.78, 5) is 18.2. The predicted molar refractivity (Wildman–Crippen MR) is 102 cm³/mol. The molecule has 4 nitrogen and oxygen atoms in total. The molecule has 2 aliphatic heterocycles. The molecule has 0 aliphatic carbocycles. The highest BCUT2D eigenvalue weighted by Gasteiger charge is 2.27. The first-order valence-electron chi connectivity index (χ1n) is 8.62. The van der Waals surface area contributed by atoms with Crippen LogP contribution in [0.5, 0.6) is 5.75 Å². The molecule has 0 bridgehead atoms. The standard InChI is InChI=1S/C18H26N2O2S2/c1-22-16-3-2-4-17(13-16)24-14-18(21)20-9-7-19(8-10-20)15-5-11-23-12-6-15/h2-4,13,15H,5-12,14H2,1H3. The Morgan fingerprint density at radius 2 is 2.00 bits per heavy atom. The van der Waals surface area contributed by atoms with Crippen molar-refractivity contribution in [2.45, 2.75) is 23.8 Å². The largest absolute Gasteiger partial charge is 0.497 e. The van der Waals surface area contributed by atoms with Crippen molar-refractivity contribution in [2.24, 2.45) is 0 Å². The molecule has 1 aromatic carbocycles. The fourth-order valence-electron chi connectivity index (χ4n) is 3.31. The van der Waals surface area contributed by atoms with Gasteiger partial charge in [0.15, 0.2) is 0 Å². The van der Waals surface area contributed by atoms with Gasteiger partial charge in [0.2, 0.25) is 5.91 Å². The third kappa shape index (κ3) is 4.83. The Morgan fingerprint density at radius 1 is 1.25 bits per heavy atom. The first-order chi connectivity index (χ1) is 11.8. The number of piperazine rings is 1. The summed E-state index contributed by atoms with van der Waals surface area (Å²) >= 11 is 3.67. The minimum absolute atomic E-state index is 0.252. The zero-order valence-corrected chi connectivity index (χ0v) is 15.9. The summed E-state index contributed by atoms with van der Waals surface area (Å²) < 4.78 is 5.23. The maximum atomic E-state index is 12.5. The summed E-state index contributed by atoms with van der Waals surface area (Å²) in [5, 5.41) is 0. The Morgan fingerprint density at radius 3 is 2.71 bits per heavy atom. The van der Waals surface area contributed by atoms with E-state index in [0.29, 0.717) is 5.75 Å². The molecule has 2 aliphatic rings. The molecule has 132 valence electrons. The van der Waals surface area contributed by atoms with Crippen LogP contribution in [0.15, 0.2) is 29.2 Å². The van der Waals surface area contributed by atoms with Crippen LogP contribution in [-0.2, 0) is 4.79 Å². The first-order valence-corrected chi connectivity index (χ1v) is 10.8. The van der Waals surface area contributed by atoms with Crippen LogP contribution in [0.1, 0.15) is 12.8 Å². The molecule has 2 saturated heterocycles. The maximum Gasteiger partial charge on any atom is 0.233 e. The smallest absolute Gasteiger partial charge is 0.233 e. The molecule has 6 heteroatoms. The molecule has 1 amide bonds. The second-order valence-corrected chi connectivity index (χ2v) is 8.50. The highest BCUT2D eigenvalue weighted by Crippen LogP contribution is 2.25. The molecule has 24 heavy (non-hydrogen) atoms. The van der Waals surface area contributed by atoms with Crippen molar-refractivity contribution in [1.82, 2.24) is 9.80 Å². The Labute approximate surface area is 153 Å². The Kier molecular flexibility index (Phi) is 6.75. The number of carbonyl (C=O) groups excluding carboxylic acids is 1. The molecule has 3 rings (SSSR count). The number of nitrogens with zero attached hydrogens (tertiary/aromatic N) is 2. The van der Waals surface area contributed by atoms with Gasteiger partial charge in [-0.15, -0.1) is 11.8 Å². The minimum atomic E-state index is 0.252. The number of ether oxygens (including phenoxy) is 1. The summed E-state index contributed by atoms with van der Waals surface area (Å²) in [6.07, 6.45) is 2.62. The molecule has 1 aromatic rings. The van der Waals surface area contributed by atoms with Gasteiger partial charge < -0.3 is 9.64 Å². The lowest BCUT2D eigenvalue weighted by atomic mass is 10.1. The number of methoxy groups -OCH3 is 1. The van der Waals surface area contributed by atoms with E-state index in [-0.39, 0.29) is 5.91 Å². The van der Waals surface area contributed by atoms with Crippen molar-refractivity contribution < 1.29 is 9.53 Å². The van der Waals surface area contributed by atoms with Gasteiger partial charge in [0.1, 0.15) is 5.75 Å². The van der Waals surface area contributed by atoms with Crippen molar-refractivity contribution in [3.8, 4) is 5.75 Å². The van der Waals surface area contributed by atoms with Crippen LogP contribution < -0.4 is 4.74 Å². The minimum Gasteiger partial charge on any atom is -0.497 e. The molecular weight excluding hydrogens is 340 g/mol. The van der Waals surface area contributed by atoms with E-state index in [0.717, 1.165) is 42.9 Å². The predicted octanol–water partition coefficient (Wildman–Crippen LogP) is 2.83. The van der Waals surface area contributed by atoms with Crippen LogP contribution in [0.3, 0.4) is 0 Å². The van der Waals surface area contributed by atoms with Gasteiger partial charge in [-0.2, -0.15) is 11.8 Å². The molecule has 0 unspecified atom stereocenters. The van der Waals surface area contributed by atoms with Crippen molar-refractivity contribution in [1.29, 1.82) is 0 Å². The normalized spacial score (nSPS) is 20.1. The number of thioether (sulfide) groups is 2. The van der Waals surface area contributed by atoms with Gasteiger partial charge in [-0.3, -0.25) is 9.69 Å². The lowest BCUT2D eigenvalue weighted by Crippen LogP contribution is -2.53. The highest BCUT2D eigenvalue weighted by atomic mass is 32.2. The second-order valence-electron chi connectivity index (χ2n) is 6.23. The Hall–Kier alpha value is -0.850. The van der Waals surface area contributed by atoms with E-state index in [4.69, 9.17) is 4.74 Å². The van der Waals surface area contributed by atoms with E-state index in [2.05, 4.69) is 16.7 Å². The first kappa shape index (κ1) is 18.0. The van der Waals surface area contributed by atoms with E-state index in [1.54, 1.807) is 18.9 Å². The van der Waals surface area contributed by atoms with Crippen LogP contribution in [0.2, 0.25) is 0 Å². The molecule has 2 fully saturated rings. The number of rotatable bonds is 5. The van der Waals surface area contributed by atoms with E-state index < -0.39 is 0 Å². The molecular formula is C18H26N2O2S2. The Bertz CT molecular complexity index is 542. The summed E-state index contributed by atoms with van der Waals surface area (Å²) in [6, 6.07) is 8.65. The van der Waals surface area contributed by atoms with E-state index >= 15 is 0 Å². The van der Waals surface area contributed by atoms with Gasteiger partial charge in [-0.05, 0) is 42.5 Å². The summed E-state index contributed by atoms with van der Waals surface area (Å²) in [5.74, 6) is 4.18. The van der Waals surface area contributed by atoms with Crippen molar-refractivity contribution >= 4 is 29.4 Å². The topological polar surface area (TPSA) is 32.8 Å². The number of hydrogen-bond donors (Lipinski definition) is 0. The SMILES string of the molecule is COc1cccc(SCC(=O)N2CCN(C3CCSCC3)CC2)c1. The van der Waals surface area contributed by atoms with Gasteiger partial charge in [0.05, 0.1) is 12.9 Å². The average Bonchev–Trinajstić information content (AvgIpc) is 2.67. The number of amides is 1. The molecule has 0 atom stereocenters. The van der Waals surface area contributed by atoms with Gasteiger partial charge in [0.25, 0.3) is 0 Å². The van der Waals surface area contributed by atoms with Gasteiger partial charge in [0, 0.05) is 37.1 Å². The van der Waals surface area contributed by atoms with Crippen molar-refractivity contribution in [2.75, 3.05) is 50.5 Å². The van der Waals surface area contributed by atoms with Crippen LogP contribution in [-0.4, -0.2) is 72.3 Å². The monoisotopic (exact) mass is 366 g/mol. The average molecular weight is 367 g/mol. The maximum absolute atomic E-state index is 12.5. The summed E-state index contributed by atoms with van der Waals surface area (Å²) in [5.41, 5.74) is 0. The lowest BCUT2D eigenvalue weighted by molar-refractivity contribution is -0.130. The molecule has 0 spiro atoms. The van der Waals surface area contributed by atoms with Gasteiger partial charge >= 0.3 is 0 Å². The zero-order chi connectivity index (χ0) is 16.8. The lowest BCUT2D eigenvalue weighted by Gasteiger charge is -2.40. The molecule has 2 heterocycles. The fourth-order valence-corrected chi connectivity index (χ4v) is 5.24. The van der Waals surface area contributed by atoms with E-state index in [1.807, 2.05) is 29.2 Å². The number of carbonyl (C=O) groups is 1. The summed E-state index contributed by atoms with van der Waals surface area (Å²) in [6.45, 7) is 3.82. The Balaban J connectivity index is 1.43. The van der Waals surface area contributed by atoms with Gasteiger partial charge in [-0.25, -0.2) is 0 Å². The van der Waals surface area contributed by atoms with Crippen LogP contribution in [0.25, 0.3) is 0 Å². The highest BCUT2D eigenvalue weighted by molar-refractivity contribution is 8.00. The van der Waals surface area contributed by atoms with Crippen molar-refractivity contribution in [3.05, 3.63) is 24.3 Å². The van der Waals surface area contributed by atoms with Crippen LogP contribution in [0.4, 0.5) is 0 Å². The number of hydrogen-bond acceptors (Lipinski definition) is 5. The van der Waals surface area contributed by atoms with Crippen molar-refractivity contribution in [3.63, 3.8) is 0 Å². The van der Waals surface area contributed by atoms with Crippen LogP contribution in [0, 0.1) is 0 Å². The molecule has 0 radical (unpaired) electrons. The van der Waals surface area contributed by atoms with Gasteiger partial charge in [-0.1, -0.05) is 6.07 Å². The van der Waals surface area contributed by atoms with E-state index in [1.165, 1.54) is 24.3 Å². The molecule has 0 saturated carbocycles. The number of benzene rings is 1. The zero-order valence-electron chi connectivity index (χ0n) is 14.3. The quantitative estimate of drug-likeness (QED) is 0.749. The third-order valence-electron chi connectivity index (χ3n) is 4.78. The molecule has 0 N–H and O–H groups in total. The third-order valence-corrected chi connectivity index (χ3v) is 6.81. The fraction of sp³-hybridized carbons (Fsp3) is 0.611. The molecule has 0 aromatic heterocycles. The van der Waals surface area contributed by atoms with E-state index in [9.17, 15) is 4.79 Å². The second kappa shape index (κ2) is 9.02. The van der Waals surface area contributed by atoms with Crippen LogP contribution >= 0.6 is 23.5 Å². The summed E-state index contributed by atoms with van der Waals surface area (Å²) in [7, 11) is 1.67.